The van der Waals surface area contributed by atoms with Crippen molar-refractivity contribution in [1.82, 2.24) is 10.2 Å². The molecule has 1 saturated heterocycles. The lowest BCUT2D eigenvalue weighted by Crippen LogP contribution is -2.45. The van der Waals surface area contributed by atoms with Crippen LogP contribution < -0.4 is 5.32 Å². The molecule has 5 heteroatoms. The molecule has 1 aromatic heterocycles. The van der Waals surface area contributed by atoms with Gasteiger partial charge in [0.2, 0.25) is 5.91 Å². The van der Waals surface area contributed by atoms with Crippen molar-refractivity contribution < 1.29 is 9.59 Å². The van der Waals surface area contributed by atoms with Crippen LogP contribution in [0.4, 0.5) is 0 Å². The van der Waals surface area contributed by atoms with Gasteiger partial charge in [-0.05, 0) is 31.9 Å². The second-order valence-electron chi connectivity index (χ2n) is 5.08. The summed E-state index contributed by atoms with van der Waals surface area (Å²) in [4.78, 5) is 27.3. The van der Waals surface area contributed by atoms with Crippen molar-refractivity contribution in [3.8, 4) is 0 Å². The maximum absolute atomic E-state index is 12.1. The van der Waals surface area contributed by atoms with E-state index in [0.717, 1.165) is 30.8 Å². The Labute approximate surface area is 117 Å². The van der Waals surface area contributed by atoms with Crippen LogP contribution in [0.5, 0.6) is 0 Å². The minimum atomic E-state index is 0.0311. The van der Waals surface area contributed by atoms with E-state index in [0.29, 0.717) is 6.54 Å². The van der Waals surface area contributed by atoms with Crippen LogP contribution in [0.25, 0.3) is 0 Å². The predicted molar refractivity (Wildman–Crippen MR) is 76.7 cm³/mol. The van der Waals surface area contributed by atoms with Gasteiger partial charge in [-0.25, -0.2) is 0 Å². The van der Waals surface area contributed by atoms with Crippen molar-refractivity contribution in [2.24, 2.45) is 0 Å². The summed E-state index contributed by atoms with van der Waals surface area (Å²) in [6.45, 7) is 5.81. The summed E-state index contributed by atoms with van der Waals surface area (Å²) in [5.41, 5.74) is 0. The number of hydrogen-bond donors (Lipinski definition) is 1. The molecule has 0 radical (unpaired) electrons. The molecule has 1 aliphatic heterocycles. The van der Waals surface area contributed by atoms with Gasteiger partial charge < -0.3 is 5.32 Å². The zero-order valence-electron chi connectivity index (χ0n) is 11.4. The van der Waals surface area contributed by atoms with E-state index in [-0.39, 0.29) is 17.7 Å². The Morgan fingerprint density at radius 3 is 2.58 bits per heavy atom. The van der Waals surface area contributed by atoms with Gasteiger partial charge in [0.1, 0.15) is 0 Å². The fourth-order valence-electron chi connectivity index (χ4n) is 2.39. The Balaban J connectivity index is 1.79. The highest BCUT2D eigenvalue weighted by molar-refractivity contribution is 7.14. The molecule has 0 bridgehead atoms. The number of carbonyl (C=O) groups is 2. The van der Waals surface area contributed by atoms with Crippen molar-refractivity contribution in [3.63, 3.8) is 0 Å². The van der Waals surface area contributed by atoms with Crippen molar-refractivity contribution in [1.29, 1.82) is 0 Å². The zero-order valence-corrected chi connectivity index (χ0v) is 12.3. The lowest BCUT2D eigenvalue weighted by molar-refractivity contribution is -0.119. The second kappa shape index (κ2) is 6.30. The van der Waals surface area contributed by atoms with Gasteiger partial charge in [-0.3, -0.25) is 14.5 Å². The molecule has 0 aliphatic carbocycles. The van der Waals surface area contributed by atoms with Crippen LogP contribution in [0.2, 0.25) is 0 Å². The molecule has 1 aromatic rings. The third-order valence-electron chi connectivity index (χ3n) is 3.38. The van der Waals surface area contributed by atoms with E-state index in [1.54, 1.807) is 18.3 Å². The van der Waals surface area contributed by atoms with Crippen LogP contribution in [0.15, 0.2) is 12.1 Å². The summed E-state index contributed by atoms with van der Waals surface area (Å²) in [7, 11) is 0. The number of likely N-dealkylation sites (tertiary alicyclic amines) is 1. The molecule has 1 amide bonds. The van der Waals surface area contributed by atoms with E-state index in [9.17, 15) is 9.59 Å². The van der Waals surface area contributed by atoms with Crippen molar-refractivity contribution in [3.05, 3.63) is 21.9 Å². The molecule has 1 aliphatic rings. The normalized spacial score (nSPS) is 17.4. The topological polar surface area (TPSA) is 49.4 Å². The van der Waals surface area contributed by atoms with Crippen molar-refractivity contribution >= 4 is 23.0 Å². The summed E-state index contributed by atoms with van der Waals surface area (Å²) in [6.07, 6.45) is 1.85. The minimum Gasteiger partial charge on any atom is -0.354 e. The standard InChI is InChI=1S/C14H20N2O2S/c1-10-3-4-14(19-10)13(18)9-16-7-5-12(6-8-16)15-11(2)17/h3-4,12H,5-9H2,1-2H3,(H,15,17). The lowest BCUT2D eigenvalue weighted by Gasteiger charge is -2.31. The van der Waals surface area contributed by atoms with Gasteiger partial charge in [-0.15, -0.1) is 11.3 Å². The zero-order chi connectivity index (χ0) is 13.8. The second-order valence-corrected chi connectivity index (χ2v) is 6.37. The number of piperidine rings is 1. The van der Waals surface area contributed by atoms with Gasteiger partial charge in [-0.2, -0.15) is 0 Å². The molecular formula is C14H20N2O2S. The Bertz CT molecular complexity index is 462. The third kappa shape index (κ3) is 4.14. The molecule has 2 heterocycles. The molecular weight excluding hydrogens is 260 g/mol. The van der Waals surface area contributed by atoms with Gasteiger partial charge >= 0.3 is 0 Å². The summed E-state index contributed by atoms with van der Waals surface area (Å²) >= 11 is 1.56. The summed E-state index contributed by atoms with van der Waals surface area (Å²) < 4.78 is 0. The van der Waals surface area contributed by atoms with E-state index < -0.39 is 0 Å². The molecule has 19 heavy (non-hydrogen) atoms. The lowest BCUT2D eigenvalue weighted by atomic mass is 10.0. The van der Waals surface area contributed by atoms with Gasteiger partial charge in [0, 0.05) is 30.9 Å². The largest absolute Gasteiger partial charge is 0.354 e. The maximum Gasteiger partial charge on any atom is 0.217 e. The quantitative estimate of drug-likeness (QED) is 0.856. The molecule has 0 atom stereocenters. The third-order valence-corrected chi connectivity index (χ3v) is 4.42. The highest BCUT2D eigenvalue weighted by Crippen LogP contribution is 2.17. The molecule has 0 unspecified atom stereocenters. The Morgan fingerprint density at radius 2 is 2.05 bits per heavy atom. The van der Waals surface area contributed by atoms with E-state index >= 15 is 0 Å². The van der Waals surface area contributed by atoms with E-state index in [2.05, 4.69) is 10.2 Å². The van der Waals surface area contributed by atoms with E-state index in [1.165, 1.54) is 4.88 Å². The Morgan fingerprint density at radius 1 is 1.37 bits per heavy atom. The smallest absolute Gasteiger partial charge is 0.217 e. The van der Waals surface area contributed by atoms with Crippen molar-refractivity contribution in [2.45, 2.75) is 32.7 Å². The highest BCUT2D eigenvalue weighted by atomic mass is 32.1. The van der Waals surface area contributed by atoms with Crippen LogP contribution in [-0.4, -0.2) is 42.3 Å². The first-order valence-corrected chi connectivity index (χ1v) is 7.45. The first-order valence-electron chi connectivity index (χ1n) is 6.63. The fraction of sp³-hybridized carbons (Fsp3) is 0.571. The number of nitrogens with one attached hydrogen (secondary N) is 1. The highest BCUT2D eigenvalue weighted by Gasteiger charge is 2.21. The molecule has 0 saturated carbocycles. The number of thiophene rings is 1. The molecule has 1 fully saturated rings. The molecule has 0 spiro atoms. The number of amides is 1. The Hall–Kier alpha value is -1.20. The predicted octanol–water partition coefficient (Wildman–Crippen LogP) is 1.84. The SMILES string of the molecule is CC(=O)NC1CCN(CC(=O)c2ccc(C)s2)CC1. The van der Waals surface area contributed by atoms with E-state index in [1.807, 2.05) is 19.1 Å². The molecule has 2 rings (SSSR count). The molecule has 4 nitrogen and oxygen atoms in total. The van der Waals surface area contributed by atoms with Gasteiger partial charge in [0.15, 0.2) is 5.78 Å². The Kier molecular flexibility index (Phi) is 4.71. The maximum atomic E-state index is 12.1. The first kappa shape index (κ1) is 14.2. The summed E-state index contributed by atoms with van der Waals surface area (Å²) in [5, 5.41) is 2.94. The monoisotopic (exact) mass is 280 g/mol. The molecule has 0 aromatic carbocycles. The average molecular weight is 280 g/mol. The first-order chi connectivity index (χ1) is 9.04. The molecule has 104 valence electrons. The van der Waals surface area contributed by atoms with E-state index in [4.69, 9.17) is 0 Å². The average Bonchev–Trinajstić information content (AvgIpc) is 2.78. The number of rotatable bonds is 4. The fourth-order valence-corrected chi connectivity index (χ4v) is 3.19. The van der Waals surface area contributed by atoms with Crippen LogP contribution in [-0.2, 0) is 4.79 Å². The van der Waals surface area contributed by atoms with Gasteiger partial charge in [0.25, 0.3) is 0 Å². The van der Waals surface area contributed by atoms with Crippen LogP contribution in [0.1, 0.15) is 34.3 Å². The van der Waals surface area contributed by atoms with Gasteiger partial charge in [0.05, 0.1) is 11.4 Å². The number of Topliss-reactive ketones (excluding diaryl/α,β-unsaturated/α-hetero) is 1. The van der Waals surface area contributed by atoms with Crippen LogP contribution in [0.3, 0.4) is 0 Å². The molecule has 1 N–H and O–H groups in total. The summed E-state index contributed by atoms with van der Waals surface area (Å²) in [6, 6.07) is 4.17. The van der Waals surface area contributed by atoms with Gasteiger partial charge in [-0.1, -0.05) is 0 Å². The minimum absolute atomic E-state index is 0.0311. The van der Waals surface area contributed by atoms with Crippen LogP contribution in [0, 0.1) is 6.92 Å². The number of nitrogens with zero attached hydrogens (tertiary/aromatic N) is 1. The number of carbonyl (C=O) groups excluding carboxylic acids is 2. The van der Waals surface area contributed by atoms with Crippen LogP contribution >= 0.6 is 11.3 Å². The number of ketones is 1. The number of hydrogen-bond acceptors (Lipinski definition) is 4. The number of aryl methyl sites for hydroxylation is 1. The summed E-state index contributed by atoms with van der Waals surface area (Å²) in [5.74, 6) is 0.236. The van der Waals surface area contributed by atoms with Crippen molar-refractivity contribution in [2.75, 3.05) is 19.6 Å².